The fourth-order valence-electron chi connectivity index (χ4n) is 3.09. The Morgan fingerprint density at radius 2 is 2.25 bits per heavy atom. The molecule has 0 saturated carbocycles. The standard InChI is InChI=1S/C16H20N2O2/c1-10-5-6-14-13(8-10)11(2)15(17-14)16(20)18-7-3-4-12(18)9-19/h5-6,8,12,17,19H,3-4,7,9H2,1-2H3. The van der Waals surface area contributed by atoms with E-state index in [0.717, 1.165) is 35.9 Å². The molecule has 0 bridgehead atoms. The lowest BCUT2D eigenvalue weighted by molar-refractivity contribution is 0.0672. The third-order valence-electron chi connectivity index (χ3n) is 4.28. The number of amides is 1. The molecule has 106 valence electrons. The Kier molecular flexibility index (Phi) is 3.26. The summed E-state index contributed by atoms with van der Waals surface area (Å²) in [5.41, 5.74) is 3.84. The first-order valence-electron chi connectivity index (χ1n) is 7.12. The molecule has 4 heteroatoms. The maximum atomic E-state index is 12.7. The van der Waals surface area contributed by atoms with Gasteiger partial charge in [-0.3, -0.25) is 4.79 Å². The lowest BCUT2D eigenvalue weighted by Gasteiger charge is -2.22. The highest BCUT2D eigenvalue weighted by Gasteiger charge is 2.30. The summed E-state index contributed by atoms with van der Waals surface area (Å²) in [6.07, 6.45) is 1.86. The van der Waals surface area contributed by atoms with Crippen LogP contribution in [0.15, 0.2) is 18.2 Å². The number of aryl methyl sites for hydroxylation is 2. The van der Waals surface area contributed by atoms with Gasteiger partial charge in [-0.2, -0.15) is 0 Å². The number of nitrogens with one attached hydrogen (secondary N) is 1. The normalized spacial score (nSPS) is 18.9. The lowest BCUT2D eigenvalue weighted by atomic mass is 10.1. The molecule has 1 atom stereocenters. The van der Waals surface area contributed by atoms with Crippen molar-refractivity contribution in [1.29, 1.82) is 0 Å². The smallest absolute Gasteiger partial charge is 0.270 e. The lowest BCUT2D eigenvalue weighted by Crippen LogP contribution is -2.38. The summed E-state index contributed by atoms with van der Waals surface area (Å²) in [5.74, 6) is 0.00732. The van der Waals surface area contributed by atoms with Crippen molar-refractivity contribution in [3.8, 4) is 0 Å². The summed E-state index contributed by atoms with van der Waals surface area (Å²) in [6.45, 7) is 4.81. The van der Waals surface area contributed by atoms with E-state index in [4.69, 9.17) is 0 Å². The van der Waals surface area contributed by atoms with Crippen molar-refractivity contribution in [2.24, 2.45) is 0 Å². The molecule has 1 amide bonds. The Bertz CT molecular complexity index is 660. The highest BCUT2D eigenvalue weighted by molar-refractivity contribution is 6.01. The number of hydrogen-bond acceptors (Lipinski definition) is 2. The molecule has 0 aliphatic carbocycles. The van der Waals surface area contributed by atoms with Crippen LogP contribution >= 0.6 is 0 Å². The number of aliphatic hydroxyl groups is 1. The van der Waals surface area contributed by atoms with Crippen LogP contribution in [0.5, 0.6) is 0 Å². The molecule has 1 aliphatic rings. The Labute approximate surface area is 118 Å². The molecule has 0 radical (unpaired) electrons. The van der Waals surface area contributed by atoms with Crippen molar-refractivity contribution in [3.63, 3.8) is 0 Å². The monoisotopic (exact) mass is 272 g/mol. The fraction of sp³-hybridized carbons (Fsp3) is 0.438. The van der Waals surface area contributed by atoms with Gasteiger partial charge in [-0.1, -0.05) is 11.6 Å². The van der Waals surface area contributed by atoms with E-state index in [1.165, 1.54) is 5.56 Å². The van der Waals surface area contributed by atoms with Crippen LogP contribution in [0.4, 0.5) is 0 Å². The molecule has 4 nitrogen and oxygen atoms in total. The first-order chi connectivity index (χ1) is 9.61. The van der Waals surface area contributed by atoms with Crippen LogP contribution in [0, 0.1) is 13.8 Å². The number of aromatic nitrogens is 1. The SMILES string of the molecule is Cc1ccc2[nH]c(C(=O)N3CCCC3CO)c(C)c2c1. The van der Waals surface area contributed by atoms with Gasteiger partial charge < -0.3 is 15.0 Å². The van der Waals surface area contributed by atoms with Crippen molar-refractivity contribution >= 4 is 16.8 Å². The number of hydrogen-bond donors (Lipinski definition) is 2. The Morgan fingerprint density at radius 1 is 1.45 bits per heavy atom. The molecule has 1 aromatic heterocycles. The second-order valence-electron chi connectivity index (χ2n) is 5.65. The van der Waals surface area contributed by atoms with E-state index in [2.05, 4.69) is 18.0 Å². The number of aliphatic hydroxyl groups excluding tert-OH is 1. The van der Waals surface area contributed by atoms with Gasteiger partial charge in [-0.05, 0) is 44.4 Å². The number of aromatic amines is 1. The molecular formula is C16H20N2O2. The van der Waals surface area contributed by atoms with Gasteiger partial charge in [0.2, 0.25) is 0 Å². The summed E-state index contributed by atoms with van der Waals surface area (Å²) in [5, 5.41) is 10.5. The number of H-pyrrole nitrogens is 1. The number of benzene rings is 1. The van der Waals surface area contributed by atoms with Crippen LogP contribution < -0.4 is 0 Å². The highest BCUT2D eigenvalue weighted by Crippen LogP contribution is 2.26. The van der Waals surface area contributed by atoms with Gasteiger partial charge in [0.15, 0.2) is 0 Å². The number of carbonyl (C=O) groups is 1. The fourth-order valence-corrected chi connectivity index (χ4v) is 3.09. The summed E-state index contributed by atoms with van der Waals surface area (Å²) in [4.78, 5) is 17.7. The van der Waals surface area contributed by atoms with Gasteiger partial charge in [-0.15, -0.1) is 0 Å². The van der Waals surface area contributed by atoms with Crippen molar-refractivity contribution in [3.05, 3.63) is 35.0 Å². The van der Waals surface area contributed by atoms with E-state index in [1.807, 2.05) is 19.1 Å². The number of fused-ring (bicyclic) bond motifs is 1. The summed E-state index contributed by atoms with van der Waals surface area (Å²) in [7, 11) is 0. The highest BCUT2D eigenvalue weighted by atomic mass is 16.3. The third kappa shape index (κ3) is 2.00. The molecule has 3 rings (SSSR count). The summed E-state index contributed by atoms with van der Waals surface area (Å²) >= 11 is 0. The quantitative estimate of drug-likeness (QED) is 0.882. The molecule has 1 aliphatic heterocycles. The molecule has 1 fully saturated rings. The van der Waals surface area contributed by atoms with Gasteiger partial charge >= 0.3 is 0 Å². The van der Waals surface area contributed by atoms with Crippen LogP contribution in [-0.4, -0.2) is 40.1 Å². The second kappa shape index (κ2) is 4.94. The Morgan fingerprint density at radius 3 is 3.00 bits per heavy atom. The Balaban J connectivity index is 2.01. The van der Waals surface area contributed by atoms with Crippen molar-refractivity contribution in [2.75, 3.05) is 13.2 Å². The predicted molar refractivity (Wildman–Crippen MR) is 78.9 cm³/mol. The molecular weight excluding hydrogens is 252 g/mol. The minimum absolute atomic E-state index is 0.00732. The van der Waals surface area contributed by atoms with E-state index in [0.29, 0.717) is 5.69 Å². The number of nitrogens with zero attached hydrogens (tertiary/aromatic N) is 1. The zero-order valence-electron chi connectivity index (χ0n) is 11.9. The maximum absolute atomic E-state index is 12.7. The van der Waals surface area contributed by atoms with E-state index < -0.39 is 0 Å². The zero-order valence-corrected chi connectivity index (χ0v) is 11.9. The first-order valence-corrected chi connectivity index (χ1v) is 7.12. The van der Waals surface area contributed by atoms with Crippen LogP contribution in [0.25, 0.3) is 10.9 Å². The average molecular weight is 272 g/mol. The average Bonchev–Trinajstić information content (AvgIpc) is 3.03. The first kappa shape index (κ1) is 13.2. The molecule has 0 spiro atoms. The molecule has 2 heterocycles. The van der Waals surface area contributed by atoms with Crippen LogP contribution in [0.3, 0.4) is 0 Å². The minimum Gasteiger partial charge on any atom is -0.394 e. The topological polar surface area (TPSA) is 56.3 Å². The van der Waals surface area contributed by atoms with Crippen LogP contribution in [0.2, 0.25) is 0 Å². The summed E-state index contributed by atoms with van der Waals surface area (Å²) in [6, 6.07) is 6.13. The zero-order chi connectivity index (χ0) is 14.3. The minimum atomic E-state index is -0.0324. The second-order valence-corrected chi connectivity index (χ2v) is 5.65. The molecule has 1 aromatic carbocycles. The predicted octanol–water partition coefficient (Wildman–Crippen LogP) is 2.38. The molecule has 1 saturated heterocycles. The maximum Gasteiger partial charge on any atom is 0.270 e. The van der Waals surface area contributed by atoms with E-state index >= 15 is 0 Å². The van der Waals surface area contributed by atoms with Crippen LogP contribution in [-0.2, 0) is 0 Å². The summed E-state index contributed by atoms with van der Waals surface area (Å²) < 4.78 is 0. The number of likely N-dealkylation sites (tertiary alicyclic amines) is 1. The van der Waals surface area contributed by atoms with E-state index in [9.17, 15) is 9.90 Å². The molecule has 2 N–H and O–H groups in total. The van der Waals surface area contributed by atoms with Gasteiger partial charge in [0.1, 0.15) is 5.69 Å². The molecule has 2 aromatic rings. The van der Waals surface area contributed by atoms with E-state index in [-0.39, 0.29) is 18.6 Å². The van der Waals surface area contributed by atoms with Gasteiger partial charge in [0.05, 0.1) is 12.6 Å². The number of carbonyl (C=O) groups excluding carboxylic acids is 1. The van der Waals surface area contributed by atoms with Gasteiger partial charge in [0, 0.05) is 17.4 Å². The van der Waals surface area contributed by atoms with Crippen molar-refractivity contribution in [1.82, 2.24) is 9.88 Å². The largest absolute Gasteiger partial charge is 0.394 e. The number of rotatable bonds is 2. The Hall–Kier alpha value is -1.81. The van der Waals surface area contributed by atoms with E-state index in [1.54, 1.807) is 4.90 Å². The van der Waals surface area contributed by atoms with Crippen molar-refractivity contribution in [2.45, 2.75) is 32.7 Å². The molecule has 1 unspecified atom stereocenters. The van der Waals surface area contributed by atoms with Gasteiger partial charge in [0.25, 0.3) is 5.91 Å². The molecule has 20 heavy (non-hydrogen) atoms. The van der Waals surface area contributed by atoms with Gasteiger partial charge in [-0.25, -0.2) is 0 Å². The van der Waals surface area contributed by atoms with Crippen LogP contribution in [0.1, 0.15) is 34.5 Å². The third-order valence-corrected chi connectivity index (χ3v) is 4.28. The van der Waals surface area contributed by atoms with Crippen molar-refractivity contribution < 1.29 is 9.90 Å².